The zero-order chi connectivity index (χ0) is 16.7. The van der Waals surface area contributed by atoms with E-state index in [0.29, 0.717) is 19.4 Å². The molecule has 0 saturated carbocycles. The van der Waals surface area contributed by atoms with E-state index in [1.165, 1.54) is 0 Å². The number of aryl methyl sites for hydroxylation is 1. The van der Waals surface area contributed by atoms with Crippen LogP contribution in [0.5, 0.6) is 5.75 Å². The van der Waals surface area contributed by atoms with Crippen molar-refractivity contribution in [2.45, 2.75) is 19.3 Å². The molecular formula is C17H25N3O3. The lowest BCUT2D eigenvalue weighted by Crippen LogP contribution is -2.49. The molecule has 2 N–H and O–H groups in total. The maximum absolute atomic E-state index is 12.3. The lowest BCUT2D eigenvalue weighted by Gasteiger charge is -2.34. The Bertz CT molecular complexity index is 522. The number of rotatable bonds is 7. The Hall–Kier alpha value is -2.08. The number of carbonyl (C=O) groups excluding carboxylic acids is 2. The standard InChI is InChI=1S/C17H25N3O3/c1-23-15-5-2-14(3-6-15)4-7-17(22)20-12-10-19(11-13-20)9-8-16(18)21/h2-3,5-6H,4,7-13H2,1H3,(H2,18,21). The smallest absolute Gasteiger partial charge is 0.222 e. The third-order valence-electron chi connectivity index (χ3n) is 4.19. The van der Waals surface area contributed by atoms with Gasteiger partial charge in [-0.1, -0.05) is 12.1 Å². The van der Waals surface area contributed by atoms with Crippen LogP contribution in [-0.2, 0) is 16.0 Å². The highest BCUT2D eigenvalue weighted by Crippen LogP contribution is 2.13. The van der Waals surface area contributed by atoms with Crippen LogP contribution in [0.1, 0.15) is 18.4 Å². The number of methoxy groups -OCH3 is 1. The van der Waals surface area contributed by atoms with E-state index >= 15 is 0 Å². The topological polar surface area (TPSA) is 75.9 Å². The van der Waals surface area contributed by atoms with E-state index in [0.717, 1.165) is 43.9 Å². The molecule has 1 aliphatic heterocycles. The molecule has 0 spiro atoms. The summed E-state index contributed by atoms with van der Waals surface area (Å²) in [5.74, 6) is 0.741. The molecule has 6 heteroatoms. The zero-order valence-electron chi connectivity index (χ0n) is 13.7. The average Bonchev–Trinajstić information content (AvgIpc) is 2.58. The molecule has 23 heavy (non-hydrogen) atoms. The normalized spacial score (nSPS) is 15.4. The molecule has 1 saturated heterocycles. The summed E-state index contributed by atoms with van der Waals surface area (Å²) in [7, 11) is 1.64. The van der Waals surface area contributed by atoms with Gasteiger partial charge in [0.25, 0.3) is 0 Å². The summed E-state index contributed by atoms with van der Waals surface area (Å²) in [5.41, 5.74) is 6.30. The molecule has 2 rings (SSSR count). The summed E-state index contributed by atoms with van der Waals surface area (Å²) in [5, 5.41) is 0. The third-order valence-corrected chi connectivity index (χ3v) is 4.19. The van der Waals surface area contributed by atoms with Gasteiger partial charge in [0.15, 0.2) is 0 Å². The van der Waals surface area contributed by atoms with E-state index in [4.69, 9.17) is 10.5 Å². The number of hydrogen-bond donors (Lipinski definition) is 1. The highest BCUT2D eigenvalue weighted by molar-refractivity contribution is 5.76. The molecular weight excluding hydrogens is 294 g/mol. The van der Waals surface area contributed by atoms with Crippen molar-refractivity contribution in [3.8, 4) is 5.75 Å². The third kappa shape index (κ3) is 5.56. The second kappa shape index (κ2) is 8.53. The van der Waals surface area contributed by atoms with Gasteiger partial charge >= 0.3 is 0 Å². The number of primary amides is 1. The van der Waals surface area contributed by atoms with Crippen molar-refractivity contribution >= 4 is 11.8 Å². The molecule has 1 heterocycles. The van der Waals surface area contributed by atoms with E-state index in [1.54, 1.807) is 7.11 Å². The minimum Gasteiger partial charge on any atom is -0.497 e. The molecule has 2 amide bonds. The van der Waals surface area contributed by atoms with Crippen molar-refractivity contribution in [1.82, 2.24) is 9.80 Å². The van der Waals surface area contributed by atoms with Crippen molar-refractivity contribution in [2.24, 2.45) is 5.73 Å². The molecule has 0 atom stereocenters. The monoisotopic (exact) mass is 319 g/mol. The number of nitrogens with zero attached hydrogens (tertiary/aromatic N) is 2. The largest absolute Gasteiger partial charge is 0.497 e. The quantitative estimate of drug-likeness (QED) is 0.800. The number of benzene rings is 1. The molecule has 0 aromatic heterocycles. The number of ether oxygens (including phenoxy) is 1. The molecule has 0 bridgehead atoms. The Labute approximate surface area is 137 Å². The maximum Gasteiger partial charge on any atom is 0.222 e. The minimum absolute atomic E-state index is 0.190. The number of carbonyl (C=O) groups is 2. The van der Waals surface area contributed by atoms with Crippen LogP contribution in [-0.4, -0.2) is 61.4 Å². The fourth-order valence-corrected chi connectivity index (χ4v) is 2.69. The molecule has 6 nitrogen and oxygen atoms in total. The van der Waals surface area contributed by atoms with Crippen molar-refractivity contribution in [3.63, 3.8) is 0 Å². The average molecular weight is 319 g/mol. The molecule has 1 aliphatic rings. The predicted molar refractivity (Wildman–Crippen MR) is 88.1 cm³/mol. The maximum atomic E-state index is 12.3. The number of nitrogens with two attached hydrogens (primary N) is 1. The van der Waals surface area contributed by atoms with Gasteiger partial charge in [0, 0.05) is 45.6 Å². The van der Waals surface area contributed by atoms with Crippen LogP contribution in [0.4, 0.5) is 0 Å². The second-order valence-corrected chi connectivity index (χ2v) is 5.79. The molecule has 1 aromatic carbocycles. The Morgan fingerprint density at radius 1 is 1.09 bits per heavy atom. The van der Waals surface area contributed by atoms with Gasteiger partial charge in [0.05, 0.1) is 7.11 Å². The highest BCUT2D eigenvalue weighted by Gasteiger charge is 2.20. The Balaban J connectivity index is 1.71. The Morgan fingerprint density at radius 3 is 2.30 bits per heavy atom. The first-order valence-corrected chi connectivity index (χ1v) is 8.00. The summed E-state index contributed by atoms with van der Waals surface area (Å²) in [6, 6.07) is 7.82. The van der Waals surface area contributed by atoms with Gasteiger partial charge < -0.3 is 15.4 Å². The lowest BCUT2D eigenvalue weighted by atomic mass is 10.1. The van der Waals surface area contributed by atoms with Crippen LogP contribution in [0.25, 0.3) is 0 Å². The van der Waals surface area contributed by atoms with Crippen molar-refractivity contribution in [1.29, 1.82) is 0 Å². The van der Waals surface area contributed by atoms with Gasteiger partial charge in [-0.3, -0.25) is 14.5 Å². The van der Waals surface area contributed by atoms with E-state index < -0.39 is 0 Å². The number of hydrogen-bond acceptors (Lipinski definition) is 4. The summed E-state index contributed by atoms with van der Waals surface area (Å²) in [4.78, 5) is 27.2. The summed E-state index contributed by atoms with van der Waals surface area (Å²) < 4.78 is 5.13. The molecule has 1 fully saturated rings. The summed E-state index contributed by atoms with van der Waals surface area (Å²) >= 11 is 0. The Kier molecular flexibility index (Phi) is 6.40. The van der Waals surface area contributed by atoms with Gasteiger partial charge in [-0.15, -0.1) is 0 Å². The van der Waals surface area contributed by atoms with Crippen LogP contribution < -0.4 is 10.5 Å². The SMILES string of the molecule is COc1ccc(CCC(=O)N2CCN(CCC(N)=O)CC2)cc1. The van der Waals surface area contributed by atoms with E-state index in [9.17, 15) is 9.59 Å². The van der Waals surface area contributed by atoms with Crippen LogP contribution in [0.3, 0.4) is 0 Å². The van der Waals surface area contributed by atoms with Crippen LogP contribution in [0.2, 0.25) is 0 Å². The molecule has 0 aliphatic carbocycles. The van der Waals surface area contributed by atoms with Gasteiger partial charge in [-0.2, -0.15) is 0 Å². The van der Waals surface area contributed by atoms with Crippen LogP contribution in [0.15, 0.2) is 24.3 Å². The predicted octanol–water partition coefficient (Wildman–Crippen LogP) is 0.647. The number of amides is 2. The van der Waals surface area contributed by atoms with E-state index in [2.05, 4.69) is 4.90 Å². The van der Waals surface area contributed by atoms with E-state index in [-0.39, 0.29) is 11.8 Å². The van der Waals surface area contributed by atoms with Crippen molar-refractivity contribution < 1.29 is 14.3 Å². The fourth-order valence-electron chi connectivity index (χ4n) is 2.69. The second-order valence-electron chi connectivity index (χ2n) is 5.79. The first-order valence-electron chi connectivity index (χ1n) is 8.00. The van der Waals surface area contributed by atoms with Crippen molar-refractivity contribution in [2.75, 3.05) is 39.8 Å². The molecule has 0 unspecified atom stereocenters. The minimum atomic E-state index is -0.275. The Morgan fingerprint density at radius 2 is 1.74 bits per heavy atom. The first kappa shape index (κ1) is 17.3. The molecule has 1 aromatic rings. The summed E-state index contributed by atoms with van der Waals surface area (Å²) in [6.45, 7) is 3.74. The fraction of sp³-hybridized carbons (Fsp3) is 0.529. The van der Waals surface area contributed by atoms with Crippen LogP contribution >= 0.6 is 0 Å². The highest BCUT2D eigenvalue weighted by atomic mass is 16.5. The summed E-state index contributed by atoms with van der Waals surface area (Å²) in [6.07, 6.45) is 1.64. The lowest BCUT2D eigenvalue weighted by molar-refractivity contribution is -0.133. The first-order chi connectivity index (χ1) is 11.1. The van der Waals surface area contributed by atoms with Gasteiger partial charge in [0.2, 0.25) is 11.8 Å². The van der Waals surface area contributed by atoms with Crippen LogP contribution in [0, 0.1) is 0 Å². The van der Waals surface area contributed by atoms with E-state index in [1.807, 2.05) is 29.2 Å². The van der Waals surface area contributed by atoms with Gasteiger partial charge in [-0.05, 0) is 24.1 Å². The van der Waals surface area contributed by atoms with Gasteiger partial charge in [-0.25, -0.2) is 0 Å². The van der Waals surface area contributed by atoms with Crippen molar-refractivity contribution in [3.05, 3.63) is 29.8 Å². The zero-order valence-corrected chi connectivity index (χ0v) is 13.7. The molecule has 126 valence electrons. The van der Waals surface area contributed by atoms with Gasteiger partial charge in [0.1, 0.15) is 5.75 Å². The number of piperazine rings is 1. The molecule has 0 radical (unpaired) electrons.